The Hall–Kier alpha value is -2.29. The molecule has 1 unspecified atom stereocenters. The Kier molecular flexibility index (Phi) is 7.58. The van der Waals surface area contributed by atoms with Crippen molar-refractivity contribution in [1.29, 1.82) is 0 Å². The van der Waals surface area contributed by atoms with E-state index in [0.29, 0.717) is 5.75 Å². The second-order valence-corrected chi connectivity index (χ2v) is 8.99. The van der Waals surface area contributed by atoms with Gasteiger partial charge in [-0.3, -0.25) is 4.90 Å². The zero-order chi connectivity index (χ0) is 21.6. The fraction of sp³-hybridized carbons (Fsp3) is 0.455. The third kappa shape index (κ3) is 5.24. The third-order valence-electron chi connectivity index (χ3n) is 5.46. The average Bonchev–Trinajstić information content (AvgIpc) is 2.79. The van der Waals surface area contributed by atoms with Gasteiger partial charge in [0, 0.05) is 18.7 Å². The summed E-state index contributed by atoms with van der Waals surface area (Å²) < 4.78 is 44.7. The number of hydrogen-bond acceptors (Lipinski definition) is 6. The molecule has 0 radical (unpaired) electrons. The molecular weight excluding hydrogens is 404 g/mol. The number of nitrogens with zero attached hydrogens (tertiary/aromatic N) is 1. The summed E-state index contributed by atoms with van der Waals surface area (Å²) in [5.41, 5.74) is 1.05. The molecule has 1 fully saturated rings. The highest BCUT2D eigenvalue weighted by atomic mass is 32.2. The van der Waals surface area contributed by atoms with Crippen LogP contribution in [-0.2, 0) is 10.0 Å². The molecule has 7 nitrogen and oxygen atoms in total. The lowest BCUT2D eigenvalue weighted by molar-refractivity contribution is 0.164. The van der Waals surface area contributed by atoms with E-state index >= 15 is 0 Å². The van der Waals surface area contributed by atoms with Crippen LogP contribution in [0.15, 0.2) is 47.4 Å². The second-order valence-electron chi connectivity index (χ2n) is 7.25. The first-order valence-electron chi connectivity index (χ1n) is 10.1. The summed E-state index contributed by atoms with van der Waals surface area (Å²) in [7, 11) is 0.790. The van der Waals surface area contributed by atoms with Crippen LogP contribution in [0.4, 0.5) is 0 Å². The molecular formula is C22H30N2O5S. The van der Waals surface area contributed by atoms with Gasteiger partial charge in [0.1, 0.15) is 22.1 Å². The minimum absolute atomic E-state index is 0.0662. The van der Waals surface area contributed by atoms with Crippen molar-refractivity contribution < 1.29 is 22.6 Å². The molecule has 1 aliphatic rings. The van der Waals surface area contributed by atoms with Gasteiger partial charge < -0.3 is 14.2 Å². The van der Waals surface area contributed by atoms with Crippen LogP contribution < -0.4 is 18.9 Å². The van der Waals surface area contributed by atoms with Gasteiger partial charge in [0.2, 0.25) is 10.0 Å². The summed E-state index contributed by atoms with van der Waals surface area (Å²) in [6.07, 6.45) is 3.44. The van der Waals surface area contributed by atoms with E-state index in [1.807, 2.05) is 24.3 Å². The molecule has 0 amide bonds. The third-order valence-corrected chi connectivity index (χ3v) is 6.90. The van der Waals surface area contributed by atoms with Gasteiger partial charge in [0.25, 0.3) is 0 Å². The maximum atomic E-state index is 13.1. The van der Waals surface area contributed by atoms with Crippen molar-refractivity contribution in [1.82, 2.24) is 9.62 Å². The number of rotatable bonds is 9. The first kappa shape index (κ1) is 22.4. The van der Waals surface area contributed by atoms with Crippen LogP contribution in [0, 0.1) is 0 Å². The molecule has 1 heterocycles. The van der Waals surface area contributed by atoms with Crippen molar-refractivity contribution in [2.24, 2.45) is 0 Å². The summed E-state index contributed by atoms with van der Waals surface area (Å²) in [6.45, 7) is 2.15. The van der Waals surface area contributed by atoms with Crippen LogP contribution in [0.2, 0.25) is 0 Å². The van der Waals surface area contributed by atoms with Crippen LogP contribution in [0.1, 0.15) is 30.9 Å². The van der Waals surface area contributed by atoms with E-state index in [0.717, 1.165) is 37.2 Å². The first-order chi connectivity index (χ1) is 14.5. The zero-order valence-electron chi connectivity index (χ0n) is 17.8. The fourth-order valence-electron chi connectivity index (χ4n) is 3.77. The van der Waals surface area contributed by atoms with Crippen molar-refractivity contribution in [2.75, 3.05) is 41.0 Å². The Labute approximate surface area is 179 Å². The van der Waals surface area contributed by atoms with Crippen LogP contribution in [0.5, 0.6) is 17.2 Å². The Bertz CT molecular complexity index is 925. The van der Waals surface area contributed by atoms with Gasteiger partial charge in [-0.2, -0.15) is 0 Å². The predicted octanol–water partition coefficient (Wildman–Crippen LogP) is 3.22. The van der Waals surface area contributed by atoms with Crippen LogP contribution in [0.3, 0.4) is 0 Å². The molecule has 0 spiro atoms. The topological polar surface area (TPSA) is 77.1 Å². The Morgan fingerprint density at radius 3 is 2.13 bits per heavy atom. The number of ether oxygens (including phenoxy) is 3. The molecule has 30 heavy (non-hydrogen) atoms. The van der Waals surface area contributed by atoms with E-state index in [1.165, 1.54) is 26.7 Å². The number of piperidine rings is 1. The monoisotopic (exact) mass is 434 g/mol. The fourth-order valence-corrected chi connectivity index (χ4v) is 4.99. The maximum Gasteiger partial charge on any atom is 0.244 e. The zero-order valence-corrected chi connectivity index (χ0v) is 18.6. The average molecular weight is 435 g/mol. The van der Waals surface area contributed by atoms with Crippen LogP contribution in [-0.4, -0.2) is 54.3 Å². The van der Waals surface area contributed by atoms with Crippen molar-refractivity contribution >= 4 is 10.0 Å². The Balaban J connectivity index is 1.85. The number of methoxy groups -OCH3 is 3. The van der Waals surface area contributed by atoms with Crippen LogP contribution >= 0.6 is 0 Å². The second kappa shape index (κ2) is 10.1. The molecule has 1 atom stereocenters. The molecule has 0 saturated carbocycles. The smallest absolute Gasteiger partial charge is 0.244 e. The normalized spacial score (nSPS) is 16.1. The highest BCUT2D eigenvalue weighted by Crippen LogP contribution is 2.30. The van der Waals surface area contributed by atoms with Gasteiger partial charge >= 0.3 is 0 Å². The first-order valence-corrected chi connectivity index (χ1v) is 11.6. The lowest BCUT2D eigenvalue weighted by Crippen LogP contribution is -2.40. The quantitative estimate of drug-likeness (QED) is 0.653. The molecule has 1 saturated heterocycles. The van der Waals surface area contributed by atoms with E-state index in [9.17, 15) is 8.42 Å². The number of likely N-dealkylation sites (tertiary alicyclic amines) is 1. The van der Waals surface area contributed by atoms with E-state index < -0.39 is 10.0 Å². The number of sulfonamides is 1. The molecule has 8 heteroatoms. The largest absolute Gasteiger partial charge is 0.497 e. The number of hydrogen-bond donors (Lipinski definition) is 1. The molecule has 1 aliphatic heterocycles. The SMILES string of the molecule is COc1ccc(C(CNS(=O)(=O)c2cc(OC)ccc2OC)N2CCCCC2)cc1. The lowest BCUT2D eigenvalue weighted by Gasteiger charge is -2.35. The van der Waals surface area contributed by atoms with Gasteiger partial charge in [-0.25, -0.2) is 13.1 Å². The van der Waals surface area contributed by atoms with Crippen molar-refractivity contribution in [2.45, 2.75) is 30.2 Å². The standard InChI is InChI=1S/C22H30N2O5S/c1-27-18-9-7-17(8-10-18)20(24-13-5-4-6-14-24)16-23-30(25,26)22-15-19(28-2)11-12-21(22)29-3/h7-12,15,20,23H,4-6,13-14,16H2,1-3H3. The molecule has 0 aromatic heterocycles. The van der Waals surface area contributed by atoms with Gasteiger partial charge in [-0.1, -0.05) is 18.6 Å². The van der Waals surface area contributed by atoms with Gasteiger partial charge in [0.15, 0.2) is 0 Å². The lowest BCUT2D eigenvalue weighted by atomic mass is 10.0. The number of nitrogens with one attached hydrogen (secondary N) is 1. The van der Waals surface area contributed by atoms with E-state index in [4.69, 9.17) is 14.2 Å². The molecule has 2 aromatic carbocycles. The summed E-state index contributed by atoms with van der Waals surface area (Å²) in [5, 5.41) is 0. The van der Waals surface area contributed by atoms with Crippen molar-refractivity contribution in [3.63, 3.8) is 0 Å². The summed E-state index contributed by atoms with van der Waals surface area (Å²) in [6, 6.07) is 12.5. The van der Waals surface area contributed by atoms with Gasteiger partial charge in [0.05, 0.1) is 21.3 Å². The number of benzene rings is 2. The molecule has 3 rings (SSSR count). The van der Waals surface area contributed by atoms with Crippen molar-refractivity contribution in [3.05, 3.63) is 48.0 Å². The van der Waals surface area contributed by atoms with Crippen molar-refractivity contribution in [3.8, 4) is 17.2 Å². The molecule has 1 N–H and O–H groups in total. The predicted molar refractivity (Wildman–Crippen MR) is 116 cm³/mol. The van der Waals surface area contributed by atoms with E-state index in [1.54, 1.807) is 19.2 Å². The Morgan fingerprint density at radius 2 is 1.53 bits per heavy atom. The van der Waals surface area contributed by atoms with E-state index in [2.05, 4.69) is 9.62 Å². The molecule has 0 aliphatic carbocycles. The van der Waals surface area contributed by atoms with Gasteiger partial charge in [-0.05, 0) is 55.8 Å². The Morgan fingerprint density at radius 1 is 0.900 bits per heavy atom. The van der Waals surface area contributed by atoms with Crippen LogP contribution in [0.25, 0.3) is 0 Å². The van der Waals surface area contributed by atoms with Gasteiger partial charge in [-0.15, -0.1) is 0 Å². The maximum absolute atomic E-state index is 13.1. The minimum Gasteiger partial charge on any atom is -0.497 e. The molecule has 164 valence electrons. The molecule has 2 aromatic rings. The highest BCUT2D eigenvalue weighted by molar-refractivity contribution is 7.89. The highest BCUT2D eigenvalue weighted by Gasteiger charge is 2.26. The molecule has 0 bridgehead atoms. The minimum atomic E-state index is -3.80. The summed E-state index contributed by atoms with van der Waals surface area (Å²) in [5.74, 6) is 1.51. The summed E-state index contributed by atoms with van der Waals surface area (Å²) >= 11 is 0. The van der Waals surface area contributed by atoms with E-state index in [-0.39, 0.29) is 23.2 Å². The summed E-state index contributed by atoms with van der Waals surface area (Å²) in [4.78, 5) is 2.41.